The molecule has 1 saturated heterocycles. The van der Waals surface area contributed by atoms with Crippen LogP contribution in [0.25, 0.3) is 11.0 Å². The molecule has 2 N–H and O–H groups in total. The molecule has 0 radical (unpaired) electrons. The molecule has 6 heteroatoms. The smallest absolute Gasteiger partial charge is 0.160 e. The summed E-state index contributed by atoms with van der Waals surface area (Å²) in [4.78, 5) is 8.59. The molecule has 3 heterocycles. The molecule has 1 aromatic carbocycles. The summed E-state index contributed by atoms with van der Waals surface area (Å²) in [5.41, 5.74) is 3.55. The van der Waals surface area contributed by atoms with E-state index in [0.29, 0.717) is 0 Å². The van der Waals surface area contributed by atoms with Gasteiger partial charge in [0.2, 0.25) is 0 Å². The minimum absolute atomic E-state index is 0.0601. The van der Waals surface area contributed by atoms with Crippen molar-refractivity contribution in [2.75, 3.05) is 25.1 Å². The number of aromatic amines is 1. The molecule has 0 atom stereocenters. The number of ether oxygens (including phenoxy) is 1. The van der Waals surface area contributed by atoms with Crippen LogP contribution < -0.4 is 5.32 Å². The first kappa shape index (κ1) is 15.1. The van der Waals surface area contributed by atoms with Crippen LogP contribution in [-0.4, -0.2) is 39.9 Å². The molecule has 4 rings (SSSR count). The molecule has 0 spiro atoms. The van der Waals surface area contributed by atoms with E-state index in [2.05, 4.69) is 56.7 Å². The molecule has 0 bridgehead atoms. The lowest BCUT2D eigenvalue weighted by atomic mass is 9.72. The standard InChI is InChI=1S/C18H21N5O/c1-13-4-2-3-5-15(13)18(6-8-24-9-7-18)11-19-16-14-10-22-23-17(14)21-12-20-16/h2-5,10,12H,6-9,11H2,1H3,(H2,19,20,21,22,23). The SMILES string of the molecule is Cc1ccccc1C1(CNc2ncnc3[nH]ncc23)CCOCC1. The Morgan fingerprint density at radius 2 is 2.04 bits per heavy atom. The average Bonchev–Trinajstić information content (AvgIpc) is 3.10. The van der Waals surface area contributed by atoms with Crippen molar-refractivity contribution in [3.05, 3.63) is 47.9 Å². The topological polar surface area (TPSA) is 75.7 Å². The fourth-order valence-corrected chi connectivity index (χ4v) is 3.63. The second-order valence-electron chi connectivity index (χ2n) is 6.42. The Kier molecular flexibility index (Phi) is 3.90. The molecule has 3 aromatic rings. The summed E-state index contributed by atoms with van der Waals surface area (Å²) in [6.07, 6.45) is 5.34. The first-order valence-electron chi connectivity index (χ1n) is 8.30. The van der Waals surface area contributed by atoms with Crippen molar-refractivity contribution in [2.24, 2.45) is 0 Å². The van der Waals surface area contributed by atoms with Gasteiger partial charge in [0, 0.05) is 25.2 Å². The maximum absolute atomic E-state index is 5.63. The van der Waals surface area contributed by atoms with E-state index in [1.165, 1.54) is 11.1 Å². The van der Waals surface area contributed by atoms with Gasteiger partial charge in [0.15, 0.2) is 5.65 Å². The molecule has 124 valence electrons. The van der Waals surface area contributed by atoms with Gasteiger partial charge < -0.3 is 10.1 Å². The van der Waals surface area contributed by atoms with E-state index < -0.39 is 0 Å². The van der Waals surface area contributed by atoms with Crippen molar-refractivity contribution in [2.45, 2.75) is 25.2 Å². The minimum atomic E-state index is 0.0601. The van der Waals surface area contributed by atoms with Crippen LogP contribution in [0.2, 0.25) is 0 Å². The average molecular weight is 323 g/mol. The first-order chi connectivity index (χ1) is 11.8. The zero-order valence-corrected chi connectivity index (χ0v) is 13.7. The fraction of sp³-hybridized carbons (Fsp3) is 0.389. The summed E-state index contributed by atoms with van der Waals surface area (Å²) in [5.74, 6) is 0.827. The maximum atomic E-state index is 5.63. The van der Waals surface area contributed by atoms with Gasteiger partial charge in [-0.3, -0.25) is 5.10 Å². The summed E-state index contributed by atoms with van der Waals surface area (Å²) in [5, 5.41) is 11.4. The quantitative estimate of drug-likeness (QED) is 0.772. The van der Waals surface area contributed by atoms with Gasteiger partial charge in [-0.05, 0) is 30.9 Å². The summed E-state index contributed by atoms with van der Waals surface area (Å²) in [7, 11) is 0. The van der Waals surface area contributed by atoms with E-state index in [9.17, 15) is 0 Å². The van der Waals surface area contributed by atoms with Crippen LogP contribution in [0.3, 0.4) is 0 Å². The van der Waals surface area contributed by atoms with Crippen molar-refractivity contribution < 1.29 is 4.74 Å². The number of nitrogens with zero attached hydrogens (tertiary/aromatic N) is 3. The molecular formula is C18H21N5O. The number of hydrogen-bond acceptors (Lipinski definition) is 5. The number of rotatable bonds is 4. The van der Waals surface area contributed by atoms with E-state index in [1.807, 2.05) is 0 Å². The van der Waals surface area contributed by atoms with Crippen molar-refractivity contribution in [1.29, 1.82) is 0 Å². The van der Waals surface area contributed by atoms with Crippen molar-refractivity contribution in [3.8, 4) is 0 Å². The molecule has 2 aromatic heterocycles. The first-order valence-corrected chi connectivity index (χ1v) is 8.30. The van der Waals surface area contributed by atoms with Crippen LogP contribution in [0.1, 0.15) is 24.0 Å². The largest absolute Gasteiger partial charge is 0.381 e. The third-order valence-corrected chi connectivity index (χ3v) is 5.01. The second-order valence-corrected chi connectivity index (χ2v) is 6.42. The van der Waals surface area contributed by atoms with Crippen molar-refractivity contribution >= 4 is 16.9 Å². The third-order valence-electron chi connectivity index (χ3n) is 5.01. The molecule has 0 amide bonds. The van der Waals surface area contributed by atoms with E-state index in [-0.39, 0.29) is 5.41 Å². The predicted molar refractivity (Wildman–Crippen MR) is 93.1 cm³/mol. The number of aryl methyl sites for hydroxylation is 1. The lowest BCUT2D eigenvalue weighted by molar-refractivity contribution is 0.0542. The van der Waals surface area contributed by atoms with Gasteiger partial charge >= 0.3 is 0 Å². The number of hydrogen-bond donors (Lipinski definition) is 2. The van der Waals surface area contributed by atoms with Crippen LogP contribution in [0.5, 0.6) is 0 Å². The van der Waals surface area contributed by atoms with Gasteiger partial charge in [-0.1, -0.05) is 24.3 Å². The Bertz CT molecular complexity index is 838. The lowest BCUT2D eigenvalue weighted by Crippen LogP contribution is -2.40. The highest BCUT2D eigenvalue weighted by Gasteiger charge is 2.35. The van der Waals surface area contributed by atoms with Gasteiger partial charge in [0.1, 0.15) is 12.1 Å². The highest BCUT2D eigenvalue weighted by molar-refractivity contribution is 5.85. The summed E-state index contributed by atoms with van der Waals surface area (Å²) >= 11 is 0. The van der Waals surface area contributed by atoms with Crippen LogP contribution in [0.15, 0.2) is 36.8 Å². The van der Waals surface area contributed by atoms with Gasteiger partial charge in [-0.2, -0.15) is 5.10 Å². The summed E-state index contributed by atoms with van der Waals surface area (Å²) in [6, 6.07) is 8.65. The molecule has 1 aliphatic heterocycles. The van der Waals surface area contributed by atoms with E-state index in [0.717, 1.165) is 49.5 Å². The number of H-pyrrole nitrogens is 1. The molecule has 0 unspecified atom stereocenters. The maximum Gasteiger partial charge on any atom is 0.160 e. The normalized spacial score (nSPS) is 17.0. The number of anilines is 1. The number of nitrogens with one attached hydrogen (secondary N) is 2. The zero-order chi connectivity index (χ0) is 16.4. The minimum Gasteiger partial charge on any atom is -0.381 e. The van der Waals surface area contributed by atoms with E-state index in [1.54, 1.807) is 12.5 Å². The van der Waals surface area contributed by atoms with Crippen LogP contribution in [-0.2, 0) is 10.2 Å². The zero-order valence-electron chi connectivity index (χ0n) is 13.7. The Morgan fingerprint density at radius 1 is 1.21 bits per heavy atom. The lowest BCUT2D eigenvalue weighted by Gasteiger charge is -2.39. The third kappa shape index (κ3) is 2.63. The van der Waals surface area contributed by atoms with Gasteiger partial charge in [-0.15, -0.1) is 0 Å². The molecular weight excluding hydrogens is 302 g/mol. The van der Waals surface area contributed by atoms with E-state index >= 15 is 0 Å². The Morgan fingerprint density at radius 3 is 2.88 bits per heavy atom. The highest BCUT2D eigenvalue weighted by atomic mass is 16.5. The molecule has 6 nitrogen and oxygen atoms in total. The van der Waals surface area contributed by atoms with Gasteiger partial charge in [0.05, 0.1) is 11.6 Å². The molecule has 24 heavy (non-hydrogen) atoms. The van der Waals surface area contributed by atoms with Crippen molar-refractivity contribution in [1.82, 2.24) is 20.2 Å². The Hall–Kier alpha value is -2.47. The second kappa shape index (κ2) is 6.20. The molecule has 1 aliphatic rings. The van der Waals surface area contributed by atoms with Gasteiger partial charge in [0.25, 0.3) is 0 Å². The number of aromatic nitrogens is 4. The highest BCUT2D eigenvalue weighted by Crippen LogP contribution is 2.37. The Labute approximate surface area is 140 Å². The van der Waals surface area contributed by atoms with Crippen LogP contribution >= 0.6 is 0 Å². The summed E-state index contributed by atoms with van der Waals surface area (Å²) < 4.78 is 5.63. The monoisotopic (exact) mass is 323 g/mol. The molecule has 0 aliphatic carbocycles. The van der Waals surface area contributed by atoms with Crippen LogP contribution in [0.4, 0.5) is 5.82 Å². The number of fused-ring (bicyclic) bond motifs is 1. The fourth-order valence-electron chi connectivity index (χ4n) is 3.63. The Balaban J connectivity index is 1.66. The van der Waals surface area contributed by atoms with E-state index in [4.69, 9.17) is 4.74 Å². The predicted octanol–water partition coefficient (Wildman–Crippen LogP) is 2.82. The summed E-state index contributed by atoms with van der Waals surface area (Å²) in [6.45, 7) is 4.59. The molecule has 1 fully saturated rings. The number of benzene rings is 1. The van der Waals surface area contributed by atoms with Gasteiger partial charge in [-0.25, -0.2) is 9.97 Å². The van der Waals surface area contributed by atoms with Crippen molar-refractivity contribution in [3.63, 3.8) is 0 Å². The van der Waals surface area contributed by atoms with Crippen LogP contribution in [0, 0.1) is 6.92 Å². The molecule has 0 saturated carbocycles.